The Morgan fingerprint density at radius 3 is 0.926 bits per heavy atom. The highest BCUT2D eigenvalue weighted by molar-refractivity contribution is 4.59. The van der Waals surface area contributed by atoms with Crippen LogP contribution in [0.3, 0.4) is 0 Å². The minimum atomic E-state index is 0.733. The third kappa shape index (κ3) is 11.5. The van der Waals surface area contributed by atoms with Crippen LogP contribution in [0.1, 0.15) is 145 Å². The van der Waals surface area contributed by atoms with Gasteiger partial charge in [-0.1, -0.05) is 90.4 Å². The second kappa shape index (κ2) is 16.9. The molecule has 0 saturated heterocycles. The number of unbranched alkanes of at least 4 members (excludes halogenated alkanes) is 14. The molecule has 0 spiro atoms. The first-order valence-electron chi connectivity index (χ1n) is 12.8. The standard InChI is InChI=1S/C26H56N/c1-8-9-10-11-12-13-14-15-16-17-18-19-20-21-22-23-27(24(2)3,25(4)5)26(6)7/h24-26H,8-23H2,1-7H3/q+1. The highest BCUT2D eigenvalue weighted by Gasteiger charge is 2.37. The molecule has 164 valence electrons. The van der Waals surface area contributed by atoms with Gasteiger partial charge in [-0.15, -0.1) is 0 Å². The van der Waals surface area contributed by atoms with E-state index in [1.54, 1.807) is 0 Å². The molecule has 1 heteroatoms. The Kier molecular flexibility index (Phi) is 16.8. The van der Waals surface area contributed by atoms with Gasteiger partial charge >= 0.3 is 0 Å². The van der Waals surface area contributed by atoms with E-state index in [1.807, 2.05) is 0 Å². The quantitative estimate of drug-likeness (QED) is 0.154. The smallest absolute Gasteiger partial charge is 0.0837 e. The molecule has 0 N–H and O–H groups in total. The number of hydrogen-bond donors (Lipinski definition) is 0. The van der Waals surface area contributed by atoms with Crippen molar-refractivity contribution in [2.45, 2.75) is 163 Å². The van der Waals surface area contributed by atoms with E-state index in [9.17, 15) is 0 Å². The largest absolute Gasteiger partial charge is 0.318 e. The Balaban J connectivity index is 3.59. The lowest BCUT2D eigenvalue weighted by atomic mass is 10.0. The van der Waals surface area contributed by atoms with E-state index < -0.39 is 0 Å². The van der Waals surface area contributed by atoms with Crippen molar-refractivity contribution in [3.05, 3.63) is 0 Å². The minimum absolute atomic E-state index is 0.733. The highest BCUT2D eigenvalue weighted by Crippen LogP contribution is 2.26. The van der Waals surface area contributed by atoms with Crippen molar-refractivity contribution in [2.24, 2.45) is 0 Å². The third-order valence-corrected chi connectivity index (χ3v) is 7.03. The van der Waals surface area contributed by atoms with Crippen molar-refractivity contribution >= 4 is 0 Å². The van der Waals surface area contributed by atoms with Crippen LogP contribution in [0.15, 0.2) is 0 Å². The molecule has 0 fully saturated rings. The molecule has 0 aromatic rings. The van der Waals surface area contributed by atoms with Crippen molar-refractivity contribution < 1.29 is 4.48 Å². The maximum atomic E-state index is 2.42. The third-order valence-electron chi connectivity index (χ3n) is 7.03. The van der Waals surface area contributed by atoms with Gasteiger partial charge in [0, 0.05) is 0 Å². The van der Waals surface area contributed by atoms with Crippen LogP contribution in [0.4, 0.5) is 0 Å². The second-order valence-corrected chi connectivity index (χ2v) is 9.95. The molecule has 0 bridgehead atoms. The van der Waals surface area contributed by atoms with Gasteiger partial charge in [-0.2, -0.15) is 0 Å². The van der Waals surface area contributed by atoms with Gasteiger partial charge in [-0.25, -0.2) is 0 Å². The second-order valence-electron chi connectivity index (χ2n) is 9.95. The zero-order valence-electron chi connectivity index (χ0n) is 20.5. The molecule has 0 aromatic heterocycles. The van der Waals surface area contributed by atoms with Gasteiger partial charge in [0.2, 0.25) is 0 Å². The lowest BCUT2D eigenvalue weighted by molar-refractivity contribution is -0.985. The number of rotatable bonds is 19. The normalized spacial score (nSPS) is 12.7. The molecule has 1 nitrogen and oxygen atoms in total. The van der Waals surface area contributed by atoms with E-state index >= 15 is 0 Å². The zero-order chi connectivity index (χ0) is 20.5. The fourth-order valence-corrected chi connectivity index (χ4v) is 5.32. The van der Waals surface area contributed by atoms with Gasteiger partial charge in [-0.3, -0.25) is 0 Å². The van der Waals surface area contributed by atoms with E-state index in [4.69, 9.17) is 0 Å². The molecule has 27 heavy (non-hydrogen) atoms. The highest BCUT2D eigenvalue weighted by atomic mass is 15.4. The molecule has 0 aromatic carbocycles. The van der Waals surface area contributed by atoms with Crippen molar-refractivity contribution in [3.8, 4) is 0 Å². The summed E-state index contributed by atoms with van der Waals surface area (Å²) < 4.78 is 1.29. The van der Waals surface area contributed by atoms with Gasteiger partial charge in [0.25, 0.3) is 0 Å². The average Bonchev–Trinajstić information content (AvgIpc) is 2.60. The first kappa shape index (κ1) is 27.0. The summed E-state index contributed by atoms with van der Waals surface area (Å²) in [4.78, 5) is 0. The fraction of sp³-hybridized carbons (Fsp3) is 1.00. The SMILES string of the molecule is CCCCCCCCCCCCCCCCC[N+](C(C)C)(C(C)C)C(C)C. The van der Waals surface area contributed by atoms with Crippen molar-refractivity contribution in [2.75, 3.05) is 6.54 Å². The molecule has 0 aliphatic heterocycles. The summed E-state index contributed by atoms with van der Waals surface area (Å²) in [5.74, 6) is 0. The van der Waals surface area contributed by atoms with E-state index in [0.29, 0.717) is 0 Å². The molecule has 0 heterocycles. The van der Waals surface area contributed by atoms with E-state index in [2.05, 4.69) is 48.5 Å². The molecule has 0 saturated carbocycles. The summed E-state index contributed by atoms with van der Waals surface area (Å²) in [5.41, 5.74) is 0. The Hall–Kier alpha value is -0.0400. The maximum absolute atomic E-state index is 2.42. The predicted molar refractivity (Wildman–Crippen MR) is 125 cm³/mol. The molecule has 0 aliphatic carbocycles. The van der Waals surface area contributed by atoms with Gasteiger partial charge in [0.05, 0.1) is 24.7 Å². The fourth-order valence-electron chi connectivity index (χ4n) is 5.32. The summed E-state index contributed by atoms with van der Waals surface area (Å²) in [6.45, 7) is 18.2. The summed E-state index contributed by atoms with van der Waals surface area (Å²) in [6, 6.07) is 2.20. The van der Waals surface area contributed by atoms with E-state index in [0.717, 1.165) is 18.1 Å². The number of hydrogen-bond acceptors (Lipinski definition) is 0. The van der Waals surface area contributed by atoms with Crippen LogP contribution in [-0.4, -0.2) is 29.2 Å². The lowest BCUT2D eigenvalue weighted by Gasteiger charge is -2.49. The topological polar surface area (TPSA) is 0 Å². The summed E-state index contributed by atoms with van der Waals surface area (Å²) in [6.07, 6.45) is 21.8. The maximum Gasteiger partial charge on any atom is 0.0837 e. The van der Waals surface area contributed by atoms with Crippen LogP contribution in [0, 0.1) is 0 Å². The molecule has 0 atom stereocenters. The Labute approximate surface area is 174 Å². The molecule has 0 aliphatic rings. The van der Waals surface area contributed by atoms with Crippen molar-refractivity contribution in [3.63, 3.8) is 0 Å². The van der Waals surface area contributed by atoms with Crippen molar-refractivity contribution in [1.82, 2.24) is 0 Å². The Bertz CT molecular complexity index is 284. The lowest BCUT2D eigenvalue weighted by Crippen LogP contribution is -2.62. The van der Waals surface area contributed by atoms with Gasteiger partial charge in [-0.05, 0) is 54.4 Å². The molecule has 0 radical (unpaired) electrons. The monoisotopic (exact) mass is 382 g/mol. The average molecular weight is 383 g/mol. The molecule has 0 rings (SSSR count). The first-order valence-corrected chi connectivity index (χ1v) is 12.8. The Morgan fingerprint density at radius 2 is 0.667 bits per heavy atom. The van der Waals surface area contributed by atoms with Crippen LogP contribution < -0.4 is 0 Å². The molecule has 0 amide bonds. The minimum Gasteiger partial charge on any atom is -0.318 e. The van der Waals surface area contributed by atoms with Crippen LogP contribution in [0.5, 0.6) is 0 Å². The van der Waals surface area contributed by atoms with Gasteiger partial charge < -0.3 is 4.48 Å². The summed E-state index contributed by atoms with van der Waals surface area (Å²) in [7, 11) is 0. The zero-order valence-corrected chi connectivity index (χ0v) is 20.5. The Morgan fingerprint density at radius 1 is 0.407 bits per heavy atom. The van der Waals surface area contributed by atoms with Gasteiger partial charge in [0.15, 0.2) is 0 Å². The van der Waals surface area contributed by atoms with Crippen LogP contribution in [-0.2, 0) is 0 Å². The van der Waals surface area contributed by atoms with Crippen molar-refractivity contribution in [1.29, 1.82) is 0 Å². The van der Waals surface area contributed by atoms with E-state index in [-0.39, 0.29) is 0 Å². The van der Waals surface area contributed by atoms with E-state index in [1.165, 1.54) is 107 Å². The van der Waals surface area contributed by atoms with Gasteiger partial charge in [0.1, 0.15) is 0 Å². The first-order chi connectivity index (χ1) is 12.9. The molecular weight excluding hydrogens is 326 g/mol. The summed E-state index contributed by atoms with van der Waals surface area (Å²) >= 11 is 0. The summed E-state index contributed by atoms with van der Waals surface area (Å²) in [5, 5.41) is 0. The number of nitrogens with zero attached hydrogens (tertiary/aromatic N) is 1. The number of quaternary nitrogens is 1. The molecule has 0 unspecified atom stereocenters. The van der Waals surface area contributed by atoms with Crippen LogP contribution in [0.25, 0.3) is 0 Å². The van der Waals surface area contributed by atoms with Crippen LogP contribution in [0.2, 0.25) is 0 Å². The van der Waals surface area contributed by atoms with Crippen LogP contribution >= 0.6 is 0 Å². The predicted octanol–water partition coefficient (Wildman–Crippen LogP) is 8.90. The molecular formula is C26H56N+.